The minimum Gasteiger partial charge on any atom is -0.352 e. The summed E-state index contributed by atoms with van der Waals surface area (Å²) in [6, 6.07) is 9.56. The Labute approximate surface area is 222 Å². The number of nitrogens with one attached hydrogen (secondary N) is 1. The number of carbonyl (C=O) groups is 2. The highest BCUT2D eigenvalue weighted by Crippen LogP contribution is 2.25. The summed E-state index contributed by atoms with van der Waals surface area (Å²) < 4.78 is 39.8. The number of amides is 2. The summed E-state index contributed by atoms with van der Waals surface area (Å²) in [5.74, 6) is -1.36. The van der Waals surface area contributed by atoms with Crippen LogP contribution in [-0.4, -0.2) is 50.0 Å². The molecule has 2 aromatic carbocycles. The molecule has 0 unspecified atom stereocenters. The monoisotopic (exact) mass is 559 g/mol. The van der Waals surface area contributed by atoms with Crippen molar-refractivity contribution in [3.63, 3.8) is 0 Å². The van der Waals surface area contributed by atoms with E-state index in [1.54, 1.807) is 25.1 Å². The first-order valence-corrected chi connectivity index (χ1v) is 14.2. The molecule has 0 aliphatic heterocycles. The van der Waals surface area contributed by atoms with Gasteiger partial charge in [0.15, 0.2) is 0 Å². The topological polar surface area (TPSA) is 86.8 Å². The van der Waals surface area contributed by atoms with Crippen molar-refractivity contribution in [2.75, 3.05) is 17.1 Å². The first-order valence-electron chi connectivity index (χ1n) is 11.6. The molecule has 2 aromatic rings. The van der Waals surface area contributed by atoms with E-state index in [0.717, 1.165) is 17.0 Å². The lowest BCUT2D eigenvalue weighted by atomic mass is 10.1. The Bertz CT molecular complexity index is 1180. The zero-order chi connectivity index (χ0) is 27.0. The summed E-state index contributed by atoms with van der Waals surface area (Å²) in [7, 11) is -3.79. The van der Waals surface area contributed by atoms with Crippen LogP contribution in [0.5, 0.6) is 0 Å². The molecular formula is C25H32Cl2FN3O4S. The van der Waals surface area contributed by atoms with E-state index in [1.807, 2.05) is 13.8 Å². The standard InChI is InChI=1S/C25H32Cl2FN3O4S/c1-5-17(2)29-25(33)18(3)30(16-19-12-13-20(26)15-21(19)27)24(32)11-8-14-31(36(4,34)35)23-10-7-6-9-22(23)28/h6-7,9-10,12-13,15,17-18H,5,8,11,14,16H2,1-4H3,(H,29,33)/t17-,18+/m0/s1. The normalized spacial score (nSPS) is 13.1. The lowest BCUT2D eigenvalue weighted by molar-refractivity contribution is -0.140. The van der Waals surface area contributed by atoms with E-state index in [-0.39, 0.29) is 49.5 Å². The Hall–Kier alpha value is -2.36. The number of hydrogen-bond donors (Lipinski definition) is 1. The molecule has 0 fully saturated rings. The van der Waals surface area contributed by atoms with E-state index in [9.17, 15) is 22.4 Å². The maximum atomic E-state index is 14.3. The average molecular weight is 561 g/mol. The largest absolute Gasteiger partial charge is 0.352 e. The summed E-state index contributed by atoms with van der Waals surface area (Å²) in [5, 5.41) is 3.68. The fourth-order valence-electron chi connectivity index (χ4n) is 3.52. The van der Waals surface area contributed by atoms with Crippen LogP contribution < -0.4 is 9.62 Å². The van der Waals surface area contributed by atoms with E-state index < -0.39 is 21.9 Å². The van der Waals surface area contributed by atoms with Crippen molar-refractivity contribution in [1.82, 2.24) is 10.2 Å². The molecule has 0 spiro atoms. The predicted octanol–water partition coefficient (Wildman–Crippen LogP) is 5.01. The molecule has 0 saturated carbocycles. The van der Waals surface area contributed by atoms with Gasteiger partial charge in [-0.15, -0.1) is 0 Å². The molecule has 0 aliphatic rings. The number of anilines is 1. The van der Waals surface area contributed by atoms with Crippen LogP contribution in [0, 0.1) is 5.82 Å². The van der Waals surface area contributed by atoms with Crippen molar-refractivity contribution in [2.45, 2.75) is 58.7 Å². The van der Waals surface area contributed by atoms with Crippen molar-refractivity contribution in [3.05, 3.63) is 63.9 Å². The number of benzene rings is 2. The second-order valence-electron chi connectivity index (χ2n) is 8.64. The predicted molar refractivity (Wildman–Crippen MR) is 142 cm³/mol. The Morgan fingerprint density at radius 1 is 1.11 bits per heavy atom. The Morgan fingerprint density at radius 3 is 2.36 bits per heavy atom. The van der Waals surface area contributed by atoms with Crippen LogP contribution in [0.3, 0.4) is 0 Å². The fraction of sp³-hybridized carbons (Fsp3) is 0.440. The van der Waals surface area contributed by atoms with Gasteiger partial charge in [0.1, 0.15) is 11.9 Å². The SMILES string of the molecule is CC[C@H](C)NC(=O)[C@@H](C)N(Cc1ccc(Cl)cc1Cl)C(=O)CCCN(c1ccccc1F)S(C)(=O)=O. The number of rotatable bonds is 12. The van der Waals surface area contributed by atoms with Gasteiger partial charge in [-0.05, 0) is 56.5 Å². The molecule has 0 aromatic heterocycles. The Kier molecular flexibility index (Phi) is 11.0. The van der Waals surface area contributed by atoms with Gasteiger partial charge < -0.3 is 10.2 Å². The zero-order valence-corrected chi connectivity index (χ0v) is 23.1. The van der Waals surface area contributed by atoms with Gasteiger partial charge in [-0.25, -0.2) is 12.8 Å². The Balaban J connectivity index is 2.22. The molecule has 2 amide bonds. The maximum absolute atomic E-state index is 14.3. The average Bonchev–Trinajstić information content (AvgIpc) is 2.80. The second-order valence-corrected chi connectivity index (χ2v) is 11.4. The van der Waals surface area contributed by atoms with E-state index in [4.69, 9.17) is 23.2 Å². The Morgan fingerprint density at radius 2 is 1.78 bits per heavy atom. The first-order chi connectivity index (χ1) is 16.8. The number of para-hydroxylation sites is 1. The van der Waals surface area contributed by atoms with Gasteiger partial charge in [0.25, 0.3) is 0 Å². The third-order valence-electron chi connectivity index (χ3n) is 5.80. The minimum absolute atomic E-state index is 0.0625. The summed E-state index contributed by atoms with van der Waals surface area (Å²) in [5.41, 5.74) is 0.528. The molecule has 36 heavy (non-hydrogen) atoms. The molecule has 2 atom stereocenters. The highest BCUT2D eigenvalue weighted by Gasteiger charge is 2.28. The molecule has 2 rings (SSSR count). The summed E-state index contributed by atoms with van der Waals surface area (Å²) in [4.78, 5) is 27.5. The third kappa shape index (κ3) is 8.35. The van der Waals surface area contributed by atoms with Gasteiger partial charge in [0, 0.05) is 35.6 Å². The van der Waals surface area contributed by atoms with E-state index in [1.165, 1.54) is 29.2 Å². The molecule has 11 heteroatoms. The lowest BCUT2D eigenvalue weighted by Gasteiger charge is -2.30. The van der Waals surface area contributed by atoms with Crippen LogP contribution in [0.2, 0.25) is 10.0 Å². The van der Waals surface area contributed by atoms with E-state index >= 15 is 0 Å². The number of halogens is 3. The van der Waals surface area contributed by atoms with Crippen LogP contribution in [0.25, 0.3) is 0 Å². The molecule has 0 heterocycles. The molecule has 1 N–H and O–H groups in total. The minimum atomic E-state index is -3.79. The van der Waals surface area contributed by atoms with Gasteiger partial charge in [-0.3, -0.25) is 13.9 Å². The highest BCUT2D eigenvalue weighted by atomic mass is 35.5. The van der Waals surface area contributed by atoms with Gasteiger partial charge in [-0.2, -0.15) is 0 Å². The molecule has 0 radical (unpaired) electrons. The van der Waals surface area contributed by atoms with Gasteiger partial charge >= 0.3 is 0 Å². The second kappa shape index (κ2) is 13.3. The summed E-state index contributed by atoms with van der Waals surface area (Å²) >= 11 is 12.3. The quantitative estimate of drug-likeness (QED) is 0.396. The van der Waals surface area contributed by atoms with Gasteiger partial charge in [0.2, 0.25) is 21.8 Å². The molecule has 7 nitrogen and oxygen atoms in total. The van der Waals surface area contributed by atoms with Crippen molar-refractivity contribution >= 4 is 50.7 Å². The van der Waals surface area contributed by atoms with Crippen molar-refractivity contribution in [2.24, 2.45) is 0 Å². The van der Waals surface area contributed by atoms with Gasteiger partial charge in [0.05, 0.1) is 11.9 Å². The number of nitrogens with zero attached hydrogens (tertiary/aromatic N) is 2. The number of carbonyl (C=O) groups excluding carboxylic acids is 2. The third-order valence-corrected chi connectivity index (χ3v) is 7.56. The van der Waals surface area contributed by atoms with Crippen molar-refractivity contribution in [3.8, 4) is 0 Å². The van der Waals surface area contributed by atoms with Gasteiger partial charge in [-0.1, -0.05) is 48.3 Å². The number of sulfonamides is 1. The smallest absolute Gasteiger partial charge is 0.242 e. The van der Waals surface area contributed by atoms with Crippen LogP contribution in [-0.2, 0) is 26.2 Å². The molecule has 0 saturated heterocycles. The van der Waals surface area contributed by atoms with Crippen molar-refractivity contribution < 1.29 is 22.4 Å². The molecule has 0 aliphatic carbocycles. The van der Waals surface area contributed by atoms with Crippen LogP contribution in [0.1, 0.15) is 45.6 Å². The molecular weight excluding hydrogens is 528 g/mol. The highest BCUT2D eigenvalue weighted by molar-refractivity contribution is 7.92. The van der Waals surface area contributed by atoms with Crippen LogP contribution in [0.4, 0.5) is 10.1 Å². The molecule has 0 bridgehead atoms. The van der Waals surface area contributed by atoms with E-state index in [2.05, 4.69) is 5.32 Å². The van der Waals surface area contributed by atoms with Crippen LogP contribution in [0.15, 0.2) is 42.5 Å². The number of hydrogen-bond acceptors (Lipinski definition) is 4. The van der Waals surface area contributed by atoms with Crippen LogP contribution >= 0.6 is 23.2 Å². The molecule has 198 valence electrons. The lowest BCUT2D eigenvalue weighted by Crippen LogP contribution is -2.49. The maximum Gasteiger partial charge on any atom is 0.242 e. The summed E-state index contributed by atoms with van der Waals surface area (Å²) in [6.07, 6.45) is 1.77. The van der Waals surface area contributed by atoms with E-state index in [0.29, 0.717) is 15.6 Å². The first kappa shape index (κ1) is 29.9. The fourth-order valence-corrected chi connectivity index (χ4v) is 4.95. The van der Waals surface area contributed by atoms with Crippen molar-refractivity contribution in [1.29, 1.82) is 0 Å². The zero-order valence-electron chi connectivity index (χ0n) is 20.8. The summed E-state index contributed by atoms with van der Waals surface area (Å²) in [6.45, 7) is 5.40.